The van der Waals surface area contributed by atoms with E-state index in [4.69, 9.17) is 9.84 Å². The number of nitrogens with zero attached hydrogens (tertiary/aromatic N) is 1. The molecule has 21 heavy (non-hydrogen) atoms. The summed E-state index contributed by atoms with van der Waals surface area (Å²) in [6.45, 7) is 5.78. The summed E-state index contributed by atoms with van der Waals surface area (Å²) in [5, 5.41) is 8.78. The monoisotopic (exact) mass is 287 g/mol. The Kier molecular flexibility index (Phi) is 5.38. The Bertz CT molecular complexity index is 571. The van der Waals surface area contributed by atoms with E-state index in [0.717, 1.165) is 11.1 Å². The highest BCUT2D eigenvalue weighted by Gasteiger charge is 2.23. The summed E-state index contributed by atoms with van der Waals surface area (Å²) in [7, 11) is 0. The molecule has 1 N–H and O–H groups in total. The lowest BCUT2D eigenvalue weighted by Gasteiger charge is -2.31. The standard InChI is InChI=1S/C17H21NO3/c1-13-12-18(9-11-21-13)17(20)16-8-5-7-15(14(16)2)6-3-4-10-19/h5,7-8,13,19H,4,9-12H2,1-2H3. The van der Waals surface area contributed by atoms with Gasteiger partial charge in [-0.2, -0.15) is 0 Å². The van der Waals surface area contributed by atoms with E-state index in [2.05, 4.69) is 11.8 Å². The summed E-state index contributed by atoms with van der Waals surface area (Å²) < 4.78 is 5.47. The molecule has 1 atom stereocenters. The molecule has 0 aromatic heterocycles. The van der Waals surface area contributed by atoms with Crippen LogP contribution in [0.25, 0.3) is 0 Å². The Morgan fingerprint density at radius 2 is 2.33 bits per heavy atom. The number of benzene rings is 1. The smallest absolute Gasteiger partial charge is 0.254 e. The maximum Gasteiger partial charge on any atom is 0.254 e. The first-order chi connectivity index (χ1) is 10.1. The van der Waals surface area contributed by atoms with Gasteiger partial charge in [-0.15, -0.1) is 0 Å². The van der Waals surface area contributed by atoms with Crippen LogP contribution in [0.3, 0.4) is 0 Å². The molecule has 112 valence electrons. The van der Waals surface area contributed by atoms with Gasteiger partial charge in [0.2, 0.25) is 0 Å². The molecule has 0 saturated carbocycles. The summed E-state index contributed by atoms with van der Waals surface area (Å²) in [5.74, 6) is 5.95. The number of hydrogen-bond acceptors (Lipinski definition) is 3. The van der Waals surface area contributed by atoms with Crippen LogP contribution in [0.1, 0.15) is 34.8 Å². The van der Waals surface area contributed by atoms with Crippen molar-refractivity contribution in [2.45, 2.75) is 26.4 Å². The van der Waals surface area contributed by atoms with Gasteiger partial charge in [0, 0.05) is 30.6 Å². The highest BCUT2D eigenvalue weighted by Crippen LogP contribution is 2.17. The second-order valence-electron chi connectivity index (χ2n) is 5.19. The van der Waals surface area contributed by atoms with Crippen LogP contribution in [-0.2, 0) is 4.74 Å². The van der Waals surface area contributed by atoms with Crippen LogP contribution in [0.15, 0.2) is 18.2 Å². The Morgan fingerprint density at radius 3 is 3.05 bits per heavy atom. The lowest BCUT2D eigenvalue weighted by Crippen LogP contribution is -2.44. The van der Waals surface area contributed by atoms with E-state index in [1.807, 2.05) is 36.9 Å². The lowest BCUT2D eigenvalue weighted by molar-refractivity contribution is -0.0124. The number of carbonyl (C=O) groups excluding carboxylic acids is 1. The van der Waals surface area contributed by atoms with Gasteiger partial charge in [0.1, 0.15) is 0 Å². The predicted molar refractivity (Wildman–Crippen MR) is 81.1 cm³/mol. The third-order valence-electron chi connectivity index (χ3n) is 3.55. The van der Waals surface area contributed by atoms with Gasteiger partial charge in [0.25, 0.3) is 5.91 Å². The molecule has 0 spiro atoms. The predicted octanol–water partition coefficient (Wildman–Crippen LogP) is 1.59. The van der Waals surface area contributed by atoms with E-state index in [-0.39, 0.29) is 18.6 Å². The van der Waals surface area contributed by atoms with Gasteiger partial charge >= 0.3 is 0 Å². The highest BCUT2D eigenvalue weighted by atomic mass is 16.5. The molecule has 1 heterocycles. The van der Waals surface area contributed by atoms with E-state index in [1.165, 1.54) is 0 Å². The van der Waals surface area contributed by atoms with Crippen LogP contribution >= 0.6 is 0 Å². The second kappa shape index (κ2) is 7.26. The summed E-state index contributed by atoms with van der Waals surface area (Å²) in [6.07, 6.45) is 0.522. The maximum absolute atomic E-state index is 12.6. The molecule has 0 aliphatic carbocycles. The fourth-order valence-corrected chi connectivity index (χ4v) is 2.39. The van der Waals surface area contributed by atoms with Crippen molar-refractivity contribution < 1.29 is 14.6 Å². The molecule has 1 saturated heterocycles. The van der Waals surface area contributed by atoms with Crippen molar-refractivity contribution in [2.75, 3.05) is 26.3 Å². The SMILES string of the molecule is Cc1c(C#CCCO)cccc1C(=O)N1CCOC(C)C1. The molecule has 1 fully saturated rings. The quantitative estimate of drug-likeness (QED) is 0.840. The van der Waals surface area contributed by atoms with Crippen molar-refractivity contribution in [3.05, 3.63) is 34.9 Å². The van der Waals surface area contributed by atoms with Gasteiger partial charge in [0.15, 0.2) is 0 Å². The van der Waals surface area contributed by atoms with Crippen LogP contribution in [0, 0.1) is 18.8 Å². The zero-order valence-electron chi connectivity index (χ0n) is 12.6. The second-order valence-corrected chi connectivity index (χ2v) is 5.19. The molecule has 2 rings (SSSR count). The van der Waals surface area contributed by atoms with E-state index < -0.39 is 0 Å². The van der Waals surface area contributed by atoms with E-state index in [1.54, 1.807) is 0 Å². The van der Waals surface area contributed by atoms with Crippen molar-refractivity contribution in [1.29, 1.82) is 0 Å². The summed E-state index contributed by atoms with van der Waals surface area (Å²) in [4.78, 5) is 14.5. The highest BCUT2D eigenvalue weighted by molar-refractivity contribution is 5.96. The first kappa shape index (κ1) is 15.6. The number of aliphatic hydroxyl groups is 1. The molecule has 0 bridgehead atoms. The molecule has 1 unspecified atom stereocenters. The molecule has 1 amide bonds. The number of aliphatic hydroxyl groups excluding tert-OH is 1. The summed E-state index contributed by atoms with van der Waals surface area (Å²) in [6, 6.07) is 5.60. The fraction of sp³-hybridized carbons (Fsp3) is 0.471. The third-order valence-corrected chi connectivity index (χ3v) is 3.55. The zero-order chi connectivity index (χ0) is 15.2. The molecule has 4 heteroatoms. The Morgan fingerprint density at radius 1 is 1.52 bits per heavy atom. The number of ether oxygens (including phenoxy) is 1. The summed E-state index contributed by atoms with van der Waals surface area (Å²) >= 11 is 0. The largest absolute Gasteiger partial charge is 0.395 e. The average Bonchev–Trinajstić information content (AvgIpc) is 2.48. The van der Waals surface area contributed by atoms with Crippen molar-refractivity contribution in [3.63, 3.8) is 0 Å². The minimum atomic E-state index is 0.0356. The molecular formula is C17H21NO3. The molecule has 1 aromatic carbocycles. The van der Waals surface area contributed by atoms with Crippen LogP contribution in [-0.4, -0.2) is 48.3 Å². The minimum Gasteiger partial charge on any atom is -0.395 e. The molecule has 1 aliphatic rings. The maximum atomic E-state index is 12.6. The van der Waals surface area contributed by atoms with E-state index in [0.29, 0.717) is 31.7 Å². The third kappa shape index (κ3) is 3.84. The van der Waals surface area contributed by atoms with Crippen LogP contribution in [0.4, 0.5) is 0 Å². The lowest BCUT2D eigenvalue weighted by atomic mass is 10.0. The van der Waals surface area contributed by atoms with Gasteiger partial charge in [-0.1, -0.05) is 17.9 Å². The van der Waals surface area contributed by atoms with Crippen molar-refractivity contribution >= 4 is 5.91 Å². The van der Waals surface area contributed by atoms with Crippen molar-refractivity contribution in [3.8, 4) is 11.8 Å². The van der Waals surface area contributed by atoms with Gasteiger partial charge in [0.05, 0.1) is 19.3 Å². The van der Waals surface area contributed by atoms with Gasteiger partial charge in [-0.3, -0.25) is 4.79 Å². The van der Waals surface area contributed by atoms with Crippen molar-refractivity contribution in [2.24, 2.45) is 0 Å². The normalized spacial score (nSPS) is 18.0. The number of amides is 1. The Hall–Kier alpha value is -1.83. The van der Waals surface area contributed by atoms with Gasteiger partial charge in [-0.05, 0) is 31.5 Å². The number of rotatable bonds is 2. The van der Waals surface area contributed by atoms with Crippen LogP contribution in [0.5, 0.6) is 0 Å². The fourth-order valence-electron chi connectivity index (χ4n) is 2.39. The molecule has 1 aliphatic heterocycles. The first-order valence-corrected chi connectivity index (χ1v) is 7.23. The first-order valence-electron chi connectivity index (χ1n) is 7.23. The summed E-state index contributed by atoms with van der Waals surface area (Å²) in [5.41, 5.74) is 2.43. The van der Waals surface area contributed by atoms with Crippen LogP contribution < -0.4 is 0 Å². The van der Waals surface area contributed by atoms with Gasteiger partial charge in [-0.25, -0.2) is 0 Å². The average molecular weight is 287 g/mol. The number of morpholine rings is 1. The van der Waals surface area contributed by atoms with Gasteiger partial charge < -0.3 is 14.7 Å². The van der Waals surface area contributed by atoms with Crippen molar-refractivity contribution in [1.82, 2.24) is 4.90 Å². The van der Waals surface area contributed by atoms with E-state index >= 15 is 0 Å². The Labute approximate surface area is 125 Å². The number of hydrogen-bond donors (Lipinski definition) is 1. The molecule has 1 aromatic rings. The zero-order valence-corrected chi connectivity index (χ0v) is 12.6. The van der Waals surface area contributed by atoms with Crippen LogP contribution in [0.2, 0.25) is 0 Å². The Balaban J connectivity index is 2.22. The van der Waals surface area contributed by atoms with E-state index in [9.17, 15) is 4.79 Å². The molecule has 0 radical (unpaired) electrons. The molecule has 4 nitrogen and oxygen atoms in total. The topological polar surface area (TPSA) is 49.8 Å². The minimum absolute atomic E-state index is 0.0356. The molecular weight excluding hydrogens is 266 g/mol. The number of carbonyl (C=O) groups is 1.